The summed E-state index contributed by atoms with van der Waals surface area (Å²) in [5.41, 5.74) is 3.06. The lowest BCUT2D eigenvalue weighted by Gasteiger charge is -2.03. The highest BCUT2D eigenvalue weighted by atomic mass is 35.5. The fourth-order valence-corrected chi connectivity index (χ4v) is 2.38. The Morgan fingerprint density at radius 1 is 0.944 bits per heavy atom. The van der Waals surface area contributed by atoms with Gasteiger partial charge in [-0.1, -0.05) is 60.1 Å². The van der Waals surface area contributed by atoms with Crippen LogP contribution in [0.3, 0.4) is 0 Å². The molecule has 2 aromatic rings. The second-order valence-corrected chi connectivity index (χ2v) is 4.43. The molecule has 0 aromatic heterocycles. The smallest absolute Gasteiger partial charge is 0.257 e. The van der Waals surface area contributed by atoms with Gasteiger partial charge in [0.25, 0.3) is 5.91 Å². The molecule has 0 unspecified atom stereocenters. The number of anilines is 1. The van der Waals surface area contributed by atoms with Gasteiger partial charge in [0.1, 0.15) is 0 Å². The van der Waals surface area contributed by atoms with Crippen LogP contribution in [0.5, 0.6) is 0 Å². The van der Waals surface area contributed by atoms with Gasteiger partial charge in [0, 0.05) is 11.3 Å². The van der Waals surface area contributed by atoms with Crippen LogP contribution in [0.1, 0.15) is 11.1 Å². The Labute approximate surface area is 110 Å². The van der Waals surface area contributed by atoms with Crippen molar-refractivity contribution in [2.24, 2.45) is 0 Å². The van der Waals surface area contributed by atoms with Crippen molar-refractivity contribution in [1.29, 1.82) is 0 Å². The highest BCUT2D eigenvalue weighted by Crippen LogP contribution is 2.38. The van der Waals surface area contributed by atoms with Crippen molar-refractivity contribution in [3.8, 4) is 0 Å². The fourth-order valence-electron chi connectivity index (χ4n) is 2.06. The quantitative estimate of drug-likeness (QED) is 0.773. The third-order valence-electron chi connectivity index (χ3n) is 2.92. The molecule has 0 fully saturated rings. The molecule has 0 radical (unpaired) electrons. The molecule has 88 valence electrons. The SMILES string of the molecule is O=C1Nc2ccccc2C1=C(Cl)c1ccccc1. The third kappa shape index (κ3) is 1.71. The predicted molar refractivity (Wildman–Crippen MR) is 74.2 cm³/mol. The van der Waals surface area contributed by atoms with E-state index in [0.29, 0.717) is 10.6 Å². The Balaban J connectivity index is 2.20. The van der Waals surface area contributed by atoms with Gasteiger partial charge in [0.15, 0.2) is 0 Å². The van der Waals surface area contributed by atoms with Crippen molar-refractivity contribution in [2.75, 3.05) is 5.32 Å². The number of nitrogens with one attached hydrogen (secondary N) is 1. The highest BCUT2D eigenvalue weighted by molar-refractivity contribution is 6.59. The molecular formula is C15H10ClNO. The number of amides is 1. The summed E-state index contributed by atoms with van der Waals surface area (Å²) in [6.45, 7) is 0. The average Bonchev–Trinajstić information content (AvgIpc) is 2.75. The first kappa shape index (κ1) is 11.1. The van der Waals surface area contributed by atoms with Crippen LogP contribution in [0.4, 0.5) is 5.69 Å². The maximum Gasteiger partial charge on any atom is 0.257 e. The number of rotatable bonds is 1. The fraction of sp³-hybridized carbons (Fsp3) is 0. The largest absolute Gasteiger partial charge is 0.321 e. The third-order valence-corrected chi connectivity index (χ3v) is 3.33. The Hall–Kier alpha value is -2.06. The number of carbonyl (C=O) groups is 1. The molecule has 18 heavy (non-hydrogen) atoms. The molecule has 1 aliphatic heterocycles. The highest BCUT2D eigenvalue weighted by Gasteiger charge is 2.26. The van der Waals surface area contributed by atoms with Crippen LogP contribution in [0.15, 0.2) is 54.6 Å². The monoisotopic (exact) mass is 255 g/mol. The van der Waals surface area contributed by atoms with E-state index < -0.39 is 0 Å². The molecule has 1 heterocycles. The van der Waals surface area contributed by atoms with E-state index in [0.717, 1.165) is 16.8 Å². The van der Waals surface area contributed by atoms with Crippen LogP contribution in [-0.2, 0) is 4.79 Å². The number of para-hydroxylation sites is 1. The minimum Gasteiger partial charge on any atom is -0.321 e. The zero-order chi connectivity index (χ0) is 12.5. The van der Waals surface area contributed by atoms with E-state index in [4.69, 9.17) is 11.6 Å². The molecule has 3 heteroatoms. The van der Waals surface area contributed by atoms with Gasteiger partial charge in [-0.05, 0) is 11.6 Å². The lowest BCUT2D eigenvalue weighted by molar-refractivity contribution is -0.110. The topological polar surface area (TPSA) is 29.1 Å². The van der Waals surface area contributed by atoms with Gasteiger partial charge in [0.2, 0.25) is 0 Å². The number of hydrogen-bond acceptors (Lipinski definition) is 1. The Bertz CT molecular complexity index is 647. The summed E-state index contributed by atoms with van der Waals surface area (Å²) < 4.78 is 0. The normalized spacial score (nSPS) is 16.2. The number of hydrogen-bond donors (Lipinski definition) is 1. The lowest BCUT2D eigenvalue weighted by Crippen LogP contribution is -2.04. The summed E-state index contributed by atoms with van der Waals surface area (Å²) in [5, 5.41) is 3.30. The number of benzene rings is 2. The first-order valence-corrected chi connectivity index (χ1v) is 6.01. The molecule has 0 bridgehead atoms. The van der Waals surface area contributed by atoms with E-state index in [-0.39, 0.29) is 5.91 Å². The lowest BCUT2D eigenvalue weighted by atomic mass is 10.0. The van der Waals surface area contributed by atoms with Gasteiger partial charge >= 0.3 is 0 Å². The standard InChI is InChI=1S/C15H10ClNO/c16-14(10-6-2-1-3-7-10)13-11-8-4-5-9-12(11)17-15(13)18/h1-9H,(H,17,18). The maximum atomic E-state index is 12.0. The molecule has 2 nitrogen and oxygen atoms in total. The van der Waals surface area contributed by atoms with Crippen LogP contribution in [0, 0.1) is 0 Å². The van der Waals surface area contributed by atoms with Gasteiger partial charge in [-0.25, -0.2) is 0 Å². The van der Waals surface area contributed by atoms with Crippen LogP contribution in [-0.4, -0.2) is 5.91 Å². The summed E-state index contributed by atoms with van der Waals surface area (Å²) in [7, 11) is 0. The second kappa shape index (κ2) is 4.31. The van der Waals surface area contributed by atoms with E-state index in [9.17, 15) is 4.79 Å². The minimum absolute atomic E-state index is 0.148. The Morgan fingerprint density at radius 2 is 1.61 bits per heavy atom. The van der Waals surface area contributed by atoms with Crippen molar-refractivity contribution in [3.05, 3.63) is 65.7 Å². The number of carbonyl (C=O) groups excluding carboxylic acids is 1. The van der Waals surface area contributed by atoms with Crippen molar-refractivity contribution >= 4 is 33.8 Å². The van der Waals surface area contributed by atoms with Gasteiger partial charge in [-0.2, -0.15) is 0 Å². The molecule has 0 saturated heterocycles. The van der Waals surface area contributed by atoms with Crippen LogP contribution >= 0.6 is 11.6 Å². The molecule has 1 amide bonds. The van der Waals surface area contributed by atoms with Gasteiger partial charge in [0.05, 0.1) is 10.6 Å². The van der Waals surface area contributed by atoms with E-state index >= 15 is 0 Å². The molecular weight excluding hydrogens is 246 g/mol. The first-order chi connectivity index (χ1) is 8.77. The molecule has 1 aliphatic rings. The van der Waals surface area contributed by atoms with Gasteiger partial charge in [-0.3, -0.25) is 4.79 Å². The molecule has 0 aliphatic carbocycles. The molecule has 3 rings (SSSR count). The molecule has 0 spiro atoms. The Kier molecular flexibility index (Phi) is 2.65. The van der Waals surface area contributed by atoms with Gasteiger partial charge < -0.3 is 5.32 Å². The number of halogens is 1. The first-order valence-electron chi connectivity index (χ1n) is 5.63. The van der Waals surface area contributed by atoms with E-state index in [1.54, 1.807) is 0 Å². The van der Waals surface area contributed by atoms with Crippen molar-refractivity contribution < 1.29 is 4.79 Å². The molecule has 1 N–H and O–H groups in total. The summed E-state index contributed by atoms with van der Waals surface area (Å²) >= 11 is 6.35. The summed E-state index contributed by atoms with van der Waals surface area (Å²) in [4.78, 5) is 12.0. The van der Waals surface area contributed by atoms with Crippen LogP contribution in [0.2, 0.25) is 0 Å². The summed E-state index contributed by atoms with van der Waals surface area (Å²) in [6.07, 6.45) is 0. The van der Waals surface area contributed by atoms with Crippen LogP contribution in [0.25, 0.3) is 10.6 Å². The van der Waals surface area contributed by atoms with Crippen molar-refractivity contribution in [2.45, 2.75) is 0 Å². The average molecular weight is 256 g/mol. The predicted octanol–water partition coefficient (Wildman–Crippen LogP) is 3.75. The number of fused-ring (bicyclic) bond motifs is 1. The molecule has 0 atom stereocenters. The van der Waals surface area contributed by atoms with E-state index in [2.05, 4.69) is 5.32 Å². The van der Waals surface area contributed by atoms with E-state index in [1.807, 2.05) is 54.6 Å². The maximum absolute atomic E-state index is 12.0. The minimum atomic E-state index is -0.148. The molecule has 2 aromatic carbocycles. The van der Waals surface area contributed by atoms with Crippen LogP contribution < -0.4 is 5.32 Å². The van der Waals surface area contributed by atoms with E-state index in [1.165, 1.54) is 0 Å². The molecule has 0 saturated carbocycles. The Morgan fingerprint density at radius 3 is 2.39 bits per heavy atom. The van der Waals surface area contributed by atoms with Crippen molar-refractivity contribution in [1.82, 2.24) is 0 Å². The zero-order valence-electron chi connectivity index (χ0n) is 9.48. The zero-order valence-corrected chi connectivity index (χ0v) is 10.2. The summed E-state index contributed by atoms with van der Waals surface area (Å²) in [5.74, 6) is -0.148. The van der Waals surface area contributed by atoms with Crippen molar-refractivity contribution in [3.63, 3.8) is 0 Å². The van der Waals surface area contributed by atoms with Gasteiger partial charge in [-0.15, -0.1) is 0 Å². The second-order valence-electron chi connectivity index (χ2n) is 4.05. The summed E-state index contributed by atoms with van der Waals surface area (Å²) in [6, 6.07) is 17.1.